The molecule has 1 saturated heterocycles. The van der Waals surface area contributed by atoms with Crippen molar-refractivity contribution in [1.82, 2.24) is 5.32 Å². The van der Waals surface area contributed by atoms with E-state index in [0.29, 0.717) is 5.02 Å². The van der Waals surface area contributed by atoms with Gasteiger partial charge < -0.3 is 10.1 Å². The molecular formula is C22H29Cl2NO. The summed E-state index contributed by atoms with van der Waals surface area (Å²) in [6.45, 7) is 7.45. The summed E-state index contributed by atoms with van der Waals surface area (Å²) >= 11 is 6.51. The molecule has 26 heavy (non-hydrogen) atoms. The van der Waals surface area contributed by atoms with Crippen LogP contribution < -0.4 is 10.1 Å². The van der Waals surface area contributed by atoms with E-state index in [2.05, 4.69) is 49.5 Å². The lowest BCUT2D eigenvalue weighted by Crippen LogP contribution is -2.30. The highest BCUT2D eigenvalue weighted by Gasteiger charge is 2.23. The Kier molecular flexibility index (Phi) is 7.82. The van der Waals surface area contributed by atoms with Gasteiger partial charge in [-0.25, -0.2) is 0 Å². The molecule has 2 nitrogen and oxygen atoms in total. The summed E-state index contributed by atoms with van der Waals surface area (Å²) < 4.78 is 5.95. The molecule has 1 atom stereocenters. The van der Waals surface area contributed by atoms with E-state index in [4.69, 9.17) is 16.3 Å². The minimum Gasteiger partial charge on any atom is -0.492 e. The molecular weight excluding hydrogens is 365 g/mol. The first kappa shape index (κ1) is 21.1. The normalized spacial score (nSPS) is 17.4. The zero-order valence-electron chi connectivity index (χ0n) is 15.6. The van der Waals surface area contributed by atoms with Crippen LogP contribution in [0.2, 0.25) is 5.02 Å². The zero-order chi connectivity index (χ0) is 17.7. The molecule has 1 unspecified atom stereocenters. The van der Waals surface area contributed by atoms with Crippen LogP contribution in [0.5, 0.6) is 5.75 Å². The van der Waals surface area contributed by atoms with Crippen molar-refractivity contribution in [3.63, 3.8) is 0 Å². The molecule has 0 saturated carbocycles. The summed E-state index contributed by atoms with van der Waals surface area (Å²) in [5.74, 6) is 1.52. The van der Waals surface area contributed by atoms with Gasteiger partial charge in [-0.05, 0) is 61.5 Å². The SMILES string of the molecule is CC(C)(c1ccccc1)c1ccc(OCCC2CCCNC2)c(Cl)c1.Cl. The van der Waals surface area contributed by atoms with Gasteiger partial charge in [0.25, 0.3) is 0 Å². The first-order valence-corrected chi connectivity index (χ1v) is 9.64. The molecule has 2 aromatic rings. The van der Waals surface area contributed by atoms with Crippen molar-refractivity contribution in [3.05, 3.63) is 64.7 Å². The van der Waals surface area contributed by atoms with Crippen molar-refractivity contribution in [2.24, 2.45) is 5.92 Å². The third-order valence-electron chi connectivity index (χ3n) is 5.33. The van der Waals surface area contributed by atoms with Crippen LogP contribution in [-0.4, -0.2) is 19.7 Å². The minimum absolute atomic E-state index is 0. The lowest BCUT2D eigenvalue weighted by Gasteiger charge is -2.27. The molecule has 1 aliphatic rings. The zero-order valence-corrected chi connectivity index (χ0v) is 17.2. The van der Waals surface area contributed by atoms with Crippen LogP contribution in [0.25, 0.3) is 0 Å². The van der Waals surface area contributed by atoms with Crippen LogP contribution >= 0.6 is 24.0 Å². The highest BCUT2D eigenvalue weighted by molar-refractivity contribution is 6.32. The lowest BCUT2D eigenvalue weighted by atomic mass is 9.78. The summed E-state index contributed by atoms with van der Waals surface area (Å²) in [5, 5.41) is 4.15. The number of ether oxygens (including phenoxy) is 1. The van der Waals surface area contributed by atoms with Gasteiger partial charge in [-0.2, -0.15) is 0 Å². The van der Waals surface area contributed by atoms with Gasteiger partial charge in [0.15, 0.2) is 0 Å². The van der Waals surface area contributed by atoms with Crippen molar-refractivity contribution in [1.29, 1.82) is 0 Å². The molecule has 0 aromatic heterocycles. The van der Waals surface area contributed by atoms with Gasteiger partial charge in [0.2, 0.25) is 0 Å². The van der Waals surface area contributed by atoms with E-state index in [1.54, 1.807) is 0 Å². The Morgan fingerprint density at radius 1 is 1.12 bits per heavy atom. The van der Waals surface area contributed by atoms with Gasteiger partial charge in [0.1, 0.15) is 5.75 Å². The van der Waals surface area contributed by atoms with Gasteiger partial charge >= 0.3 is 0 Å². The van der Waals surface area contributed by atoms with Crippen molar-refractivity contribution >= 4 is 24.0 Å². The Morgan fingerprint density at radius 3 is 2.54 bits per heavy atom. The van der Waals surface area contributed by atoms with E-state index in [-0.39, 0.29) is 17.8 Å². The maximum absolute atomic E-state index is 6.51. The van der Waals surface area contributed by atoms with Crippen molar-refractivity contribution in [2.45, 2.75) is 38.5 Å². The van der Waals surface area contributed by atoms with E-state index in [0.717, 1.165) is 37.8 Å². The van der Waals surface area contributed by atoms with Crippen LogP contribution in [0.15, 0.2) is 48.5 Å². The maximum Gasteiger partial charge on any atom is 0.137 e. The second kappa shape index (κ2) is 9.64. The second-order valence-corrected chi connectivity index (χ2v) is 7.89. The molecule has 0 radical (unpaired) electrons. The molecule has 1 fully saturated rings. The number of hydrogen-bond acceptors (Lipinski definition) is 2. The lowest BCUT2D eigenvalue weighted by molar-refractivity contribution is 0.254. The van der Waals surface area contributed by atoms with Gasteiger partial charge in [0.05, 0.1) is 11.6 Å². The topological polar surface area (TPSA) is 21.3 Å². The fourth-order valence-corrected chi connectivity index (χ4v) is 3.77. The highest BCUT2D eigenvalue weighted by Crippen LogP contribution is 2.35. The van der Waals surface area contributed by atoms with Crippen LogP contribution in [0.1, 0.15) is 44.2 Å². The largest absolute Gasteiger partial charge is 0.492 e. The first-order chi connectivity index (χ1) is 12.1. The molecule has 1 aliphatic heterocycles. The standard InChI is InChI=1S/C22H28ClNO.ClH/c1-22(2,18-8-4-3-5-9-18)19-10-11-21(20(23)15-19)25-14-12-17-7-6-13-24-16-17;/h3-5,8-11,15,17,24H,6-7,12-14,16H2,1-2H3;1H. The Bertz CT molecular complexity index is 682. The number of piperidine rings is 1. The maximum atomic E-state index is 6.51. The smallest absolute Gasteiger partial charge is 0.137 e. The van der Waals surface area contributed by atoms with E-state index in [1.165, 1.54) is 24.0 Å². The average Bonchev–Trinajstić information content (AvgIpc) is 2.64. The molecule has 1 N–H and O–H groups in total. The van der Waals surface area contributed by atoms with Crippen LogP contribution in [0, 0.1) is 5.92 Å². The summed E-state index contributed by atoms with van der Waals surface area (Å²) in [6, 6.07) is 16.7. The predicted molar refractivity (Wildman–Crippen MR) is 113 cm³/mol. The van der Waals surface area contributed by atoms with Gasteiger partial charge in [-0.3, -0.25) is 0 Å². The van der Waals surface area contributed by atoms with Gasteiger partial charge in [-0.1, -0.05) is 61.8 Å². The number of benzene rings is 2. The molecule has 2 aromatic carbocycles. The highest BCUT2D eigenvalue weighted by atomic mass is 35.5. The Morgan fingerprint density at radius 2 is 1.88 bits per heavy atom. The van der Waals surface area contributed by atoms with Crippen molar-refractivity contribution in [2.75, 3.05) is 19.7 Å². The Balaban J connectivity index is 0.00000243. The van der Waals surface area contributed by atoms with E-state index >= 15 is 0 Å². The number of nitrogens with one attached hydrogen (secondary N) is 1. The second-order valence-electron chi connectivity index (χ2n) is 7.49. The summed E-state index contributed by atoms with van der Waals surface area (Å²) in [6.07, 6.45) is 3.66. The Labute approximate surface area is 168 Å². The fraction of sp³-hybridized carbons (Fsp3) is 0.455. The number of rotatable bonds is 6. The van der Waals surface area contributed by atoms with Crippen molar-refractivity contribution in [3.8, 4) is 5.75 Å². The molecule has 0 bridgehead atoms. The van der Waals surface area contributed by atoms with Crippen LogP contribution in [0.4, 0.5) is 0 Å². The Hall–Kier alpha value is -1.22. The summed E-state index contributed by atoms with van der Waals surface area (Å²) in [5.41, 5.74) is 2.40. The average molecular weight is 394 g/mol. The quantitative estimate of drug-likeness (QED) is 0.663. The van der Waals surface area contributed by atoms with Crippen LogP contribution in [-0.2, 0) is 5.41 Å². The van der Waals surface area contributed by atoms with Gasteiger partial charge in [0, 0.05) is 5.41 Å². The van der Waals surface area contributed by atoms with Crippen molar-refractivity contribution < 1.29 is 4.74 Å². The third-order valence-corrected chi connectivity index (χ3v) is 5.63. The van der Waals surface area contributed by atoms with E-state index in [1.807, 2.05) is 18.2 Å². The van der Waals surface area contributed by atoms with E-state index < -0.39 is 0 Å². The summed E-state index contributed by atoms with van der Waals surface area (Å²) in [7, 11) is 0. The minimum atomic E-state index is -0.0861. The molecule has 0 spiro atoms. The number of halogens is 2. The first-order valence-electron chi connectivity index (χ1n) is 9.26. The third kappa shape index (κ3) is 5.16. The molecule has 0 amide bonds. The molecule has 3 rings (SSSR count). The monoisotopic (exact) mass is 393 g/mol. The fourth-order valence-electron chi connectivity index (χ4n) is 3.53. The molecule has 142 valence electrons. The van der Waals surface area contributed by atoms with Crippen LogP contribution in [0.3, 0.4) is 0 Å². The molecule has 1 heterocycles. The van der Waals surface area contributed by atoms with Gasteiger partial charge in [-0.15, -0.1) is 12.4 Å². The predicted octanol–water partition coefficient (Wildman–Crippen LogP) is 5.86. The molecule has 4 heteroatoms. The van der Waals surface area contributed by atoms with E-state index in [9.17, 15) is 0 Å². The summed E-state index contributed by atoms with van der Waals surface area (Å²) in [4.78, 5) is 0. The number of hydrogen-bond donors (Lipinski definition) is 1. The molecule has 0 aliphatic carbocycles.